The number of rotatable bonds is 5. The van der Waals surface area contributed by atoms with Crippen molar-refractivity contribution < 1.29 is 9.59 Å². The lowest BCUT2D eigenvalue weighted by atomic mass is 10.3. The second-order valence-corrected chi connectivity index (χ2v) is 6.73. The van der Waals surface area contributed by atoms with Crippen molar-refractivity contribution in [3.63, 3.8) is 0 Å². The summed E-state index contributed by atoms with van der Waals surface area (Å²) >= 11 is 2.52. The number of ketones is 1. The summed E-state index contributed by atoms with van der Waals surface area (Å²) < 4.78 is 1.84. The summed E-state index contributed by atoms with van der Waals surface area (Å²) in [7, 11) is 0. The number of fused-ring (bicyclic) bond motifs is 1. The summed E-state index contributed by atoms with van der Waals surface area (Å²) in [4.78, 5) is 40.7. The highest BCUT2D eigenvalue weighted by atomic mass is 32.1. The highest BCUT2D eigenvalue weighted by Crippen LogP contribution is 2.18. The fourth-order valence-corrected chi connectivity index (χ4v) is 3.76. The maximum absolute atomic E-state index is 12.2. The van der Waals surface area contributed by atoms with E-state index in [2.05, 4.69) is 4.98 Å². The molecule has 22 heavy (non-hydrogen) atoms. The van der Waals surface area contributed by atoms with E-state index in [1.165, 1.54) is 33.6 Å². The van der Waals surface area contributed by atoms with Gasteiger partial charge in [-0.15, -0.1) is 22.7 Å². The number of carbonyl (C=O) groups excluding carboxylic acids is 2. The molecule has 0 bridgehead atoms. The Labute approximate surface area is 132 Å². The third kappa shape index (κ3) is 2.83. The molecule has 0 spiro atoms. The molecule has 3 rings (SSSR count). The first-order valence-electron chi connectivity index (χ1n) is 6.37. The van der Waals surface area contributed by atoms with Crippen LogP contribution in [0.25, 0.3) is 10.2 Å². The Kier molecular flexibility index (Phi) is 3.86. The average molecular weight is 333 g/mol. The zero-order valence-corrected chi connectivity index (χ0v) is 12.9. The van der Waals surface area contributed by atoms with Gasteiger partial charge in [0.1, 0.15) is 4.70 Å². The number of thiophene rings is 2. The molecule has 0 aliphatic carbocycles. The molecule has 2 N–H and O–H groups in total. The number of Topliss-reactive ketones (excluding diaryl/α,β-unsaturated/α-hetero) is 1. The third-order valence-corrected chi connectivity index (χ3v) is 5.05. The van der Waals surface area contributed by atoms with Crippen LogP contribution in [0.4, 0.5) is 0 Å². The Balaban J connectivity index is 1.83. The fraction of sp³-hybridized carbons (Fsp3) is 0.143. The van der Waals surface area contributed by atoms with Gasteiger partial charge in [0, 0.05) is 4.88 Å². The Morgan fingerprint density at radius 3 is 2.86 bits per heavy atom. The first kappa shape index (κ1) is 14.6. The van der Waals surface area contributed by atoms with Crippen molar-refractivity contribution in [3.8, 4) is 0 Å². The first-order valence-corrected chi connectivity index (χ1v) is 8.07. The predicted molar refractivity (Wildman–Crippen MR) is 85.4 cm³/mol. The number of primary amides is 1. The van der Waals surface area contributed by atoms with Crippen LogP contribution in [-0.2, 0) is 17.8 Å². The van der Waals surface area contributed by atoms with Crippen molar-refractivity contribution in [1.82, 2.24) is 9.55 Å². The lowest BCUT2D eigenvalue weighted by molar-refractivity contribution is -0.117. The maximum Gasteiger partial charge on any atom is 0.271 e. The number of hydrogen-bond acceptors (Lipinski definition) is 6. The van der Waals surface area contributed by atoms with E-state index < -0.39 is 5.91 Å². The summed E-state index contributed by atoms with van der Waals surface area (Å²) in [6.07, 6.45) is 1.49. The van der Waals surface area contributed by atoms with E-state index >= 15 is 0 Å². The molecule has 6 nitrogen and oxygen atoms in total. The van der Waals surface area contributed by atoms with Gasteiger partial charge in [-0.25, -0.2) is 4.98 Å². The van der Waals surface area contributed by atoms with Crippen molar-refractivity contribution in [2.45, 2.75) is 13.0 Å². The second-order valence-electron chi connectivity index (χ2n) is 4.64. The smallest absolute Gasteiger partial charge is 0.271 e. The van der Waals surface area contributed by atoms with Crippen molar-refractivity contribution in [3.05, 3.63) is 50.0 Å². The minimum atomic E-state index is -0.440. The quantitative estimate of drug-likeness (QED) is 0.715. The summed E-state index contributed by atoms with van der Waals surface area (Å²) in [6, 6.07) is 5.11. The van der Waals surface area contributed by atoms with E-state index in [9.17, 15) is 14.4 Å². The van der Waals surface area contributed by atoms with Gasteiger partial charge in [0.25, 0.3) is 5.56 Å². The van der Waals surface area contributed by atoms with Crippen LogP contribution in [0, 0.1) is 0 Å². The molecular formula is C14H11N3O3S2. The number of amides is 1. The lowest BCUT2D eigenvalue weighted by Crippen LogP contribution is -2.23. The largest absolute Gasteiger partial charge is 0.369 e. The molecule has 0 saturated heterocycles. The monoisotopic (exact) mass is 333 g/mol. The fourth-order valence-electron chi connectivity index (χ4n) is 2.02. The summed E-state index contributed by atoms with van der Waals surface area (Å²) in [5, 5.41) is 1.79. The van der Waals surface area contributed by atoms with Gasteiger partial charge >= 0.3 is 0 Å². The highest BCUT2D eigenvalue weighted by molar-refractivity contribution is 7.17. The summed E-state index contributed by atoms with van der Waals surface area (Å²) in [6.45, 7) is -0.0732. The standard InChI is InChI=1S/C14H11N3O3S2/c15-12(19)5-8-1-2-11(22-8)10(18)6-17-7-16-9-3-4-21-13(9)14(17)20/h1-4,7H,5-6H2,(H2,15,19). The van der Waals surface area contributed by atoms with Gasteiger partial charge in [-0.3, -0.25) is 19.0 Å². The number of hydrogen-bond donors (Lipinski definition) is 1. The summed E-state index contributed by atoms with van der Waals surface area (Å²) in [5.41, 5.74) is 5.54. The van der Waals surface area contributed by atoms with Crippen LogP contribution in [-0.4, -0.2) is 21.2 Å². The van der Waals surface area contributed by atoms with Crippen LogP contribution < -0.4 is 11.3 Å². The number of nitrogens with zero attached hydrogens (tertiary/aromatic N) is 2. The van der Waals surface area contributed by atoms with Crippen molar-refractivity contribution in [1.29, 1.82) is 0 Å². The minimum absolute atomic E-state index is 0.0732. The maximum atomic E-state index is 12.2. The topological polar surface area (TPSA) is 95.1 Å². The molecule has 3 aromatic heterocycles. The number of aromatic nitrogens is 2. The van der Waals surface area contributed by atoms with E-state index in [1.54, 1.807) is 23.6 Å². The van der Waals surface area contributed by atoms with Gasteiger partial charge in [0.15, 0.2) is 5.78 Å². The van der Waals surface area contributed by atoms with E-state index in [0.29, 0.717) is 15.1 Å². The van der Waals surface area contributed by atoms with E-state index in [4.69, 9.17) is 5.73 Å². The molecule has 3 heterocycles. The van der Waals surface area contributed by atoms with Gasteiger partial charge in [-0.1, -0.05) is 0 Å². The van der Waals surface area contributed by atoms with E-state index in [-0.39, 0.29) is 24.3 Å². The van der Waals surface area contributed by atoms with Crippen LogP contribution >= 0.6 is 22.7 Å². The molecule has 3 aromatic rings. The molecule has 112 valence electrons. The minimum Gasteiger partial charge on any atom is -0.369 e. The molecule has 8 heteroatoms. The molecule has 0 aliphatic heterocycles. The van der Waals surface area contributed by atoms with E-state index in [1.807, 2.05) is 0 Å². The molecule has 0 aromatic carbocycles. The predicted octanol–water partition coefficient (Wildman–Crippen LogP) is 1.43. The van der Waals surface area contributed by atoms with Crippen LogP contribution in [0.3, 0.4) is 0 Å². The number of carbonyl (C=O) groups is 2. The van der Waals surface area contributed by atoms with Crippen LogP contribution in [0.15, 0.2) is 34.7 Å². The SMILES string of the molecule is NC(=O)Cc1ccc(C(=O)Cn2cnc3ccsc3c2=O)s1. The van der Waals surface area contributed by atoms with E-state index in [0.717, 1.165) is 4.88 Å². The molecule has 0 atom stereocenters. The number of nitrogens with two attached hydrogens (primary N) is 1. The Morgan fingerprint density at radius 1 is 1.27 bits per heavy atom. The second kappa shape index (κ2) is 5.82. The Bertz CT molecular complexity index is 923. The van der Waals surface area contributed by atoms with Gasteiger partial charge in [0.2, 0.25) is 5.91 Å². The van der Waals surface area contributed by atoms with Gasteiger partial charge in [0.05, 0.1) is 29.7 Å². The van der Waals surface area contributed by atoms with Gasteiger partial charge in [-0.2, -0.15) is 0 Å². The van der Waals surface area contributed by atoms with Gasteiger partial charge < -0.3 is 5.73 Å². The van der Waals surface area contributed by atoms with Crippen LogP contribution in [0.1, 0.15) is 14.5 Å². The Hall–Kier alpha value is -2.32. The molecule has 0 unspecified atom stereocenters. The molecular weight excluding hydrogens is 322 g/mol. The zero-order valence-electron chi connectivity index (χ0n) is 11.3. The summed E-state index contributed by atoms with van der Waals surface area (Å²) in [5.74, 6) is -0.634. The highest BCUT2D eigenvalue weighted by Gasteiger charge is 2.13. The third-order valence-electron chi connectivity index (χ3n) is 3.03. The van der Waals surface area contributed by atoms with Gasteiger partial charge in [-0.05, 0) is 23.6 Å². The zero-order chi connectivity index (χ0) is 15.7. The van der Waals surface area contributed by atoms with Crippen molar-refractivity contribution in [2.24, 2.45) is 5.73 Å². The first-order chi connectivity index (χ1) is 10.5. The molecule has 1 amide bonds. The molecule has 0 aliphatic rings. The molecule has 0 radical (unpaired) electrons. The van der Waals surface area contributed by atoms with Crippen LogP contribution in [0.5, 0.6) is 0 Å². The van der Waals surface area contributed by atoms with Crippen LogP contribution in [0.2, 0.25) is 0 Å². The normalized spacial score (nSPS) is 10.9. The molecule has 0 saturated carbocycles. The Morgan fingerprint density at radius 2 is 2.09 bits per heavy atom. The lowest BCUT2D eigenvalue weighted by Gasteiger charge is -2.03. The van der Waals surface area contributed by atoms with Crippen molar-refractivity contribution in [2.75, 3.05) is 0 Å². The van der Waals surface area contributed by atoms with Crippen molar-refractivity contribution >= 4 is 44.6 Å². The average Bonchev–Trinajstić information content (AvgIpc) is 3.10. The molecule has 0 fully saturated rings.